The van der Waals surface area contributed by atoms with Crippen LogP contribution in [-0.2, 0) is 23.9 Å². The molecule has 2 unspecified atom stereocenters. The summed E-state index contributed by atoms with van der Waals surface area (Å²) in [6.45, 7) is 11.4. The van der Waals surface area contributed by atoms with Gasteiger partial charge in [-0.25, -0.2) is 4.79 Å². The highest BCUT2D eigenvalue weighted by atomic mass is 16.6. The van der Waals surface area contributed by atoms with Gasteiger partial charge in [0.25, 0.3) is 0 Å². The SMILES string of the molecule is C=C1C([C@@]2(C)C=CC(=O)C(C)(C)[C@@H]2C(O)C(=O)OC)CC[C@@]2(C)[C@H](c3ccoc3)OC(=O)C[C@]12O. The monoisotopic (exact) mass is 486 g/mol. The smallest absolute Gasteiger partial charge is 0.335 e. The summed E-state index contributed by atoms with van der Waals surface area (Å²) in [5, 5.41) is 23.2. The first-order chi connectivity index (χ1) is 16.2. The van der Waals surface area contributed by atoms with Crippen LogP contribution >= 0.6 is 0 Å². The molecular weight excluding hydrogens is 452 g/mol. The number of methoxy groups -OCH3 is 1. The molecule has 3 aliphatic rings. The summed E-state index contributed by atoms with van der Waals surface area (Å²) in [6, 6.07) is 1.71. The molecule has 190 valence electrons. The van der Waals surface area contributed by atoms with E-state index in [2.05, 4.69) is 6.58 Å². The number of furan rings is 1. The number of aliphatic hydroxyl groups excluding tert-OH is 1. The predicted octanol–water partition coefficient (Wildman–Crippen LogP) is 3.29. The number of aliphatic hydroxyl groups is 2. The number of ketones is 1. The summed E-state index contributed by atoms with van der Waals surface area (Å²) in [5.41, 5.74) is -3.45. The molecule has 1 saturated carbocycles. The number of carbonyl (C=O) groups is 3. The van der Waals surface area contributed by atoms with Crippen LogP contribution in [0, 0.1) is 28.1 Å². The molecule has 2 heterocycles. The van der Waals surface area contributed by atoms with Gasteiger partial charge >= 0.3 is 11.9 Å². The molecule has 0 radical (unpaired) electrons. The number of ether oxygens (including phenoxy) is 2. The van der Waals surface area contributed by atoms with Crippen molar-refractivity contribution in [3.8, 4) is 0 Å². The first-order valence-corrected chi connectivity index (χ1v) is 11.9. The van der Waals surface area contributed by atoms with Crippen LogP contribution in [0.25, 0.3) is 0 Å². The Balaban J connectivity index is 1.81. The maximum Gasteiger partial charge on any atom is 0.335 e. The van der Waals surface area contributed by atoms with Gasteiger partial charge in [0.05, 0.1) is 26.1 Å². The molecule has 1 saturated heterocycles. The van der Waals surface area contributed by atoms with Crippen molar-refractivity contribution in [3.63, 3.8) is 0 Å². The van der Waals surface area contributed by atoms with Crippen molar-refractivity contribution in [2.24, 2.45) is 28.1 Å². The van der Waals surface area contributed by atoms with Gasteiger partial charge in [-0.2, -0.15) is 0 Å². The third-order valence-corrected chi connectivity index (χ3v) is 9.11. The second kappa shape index (κ2) is 8.17. The van der Waals surface area contributed by atoms with Gasteiger partial charge in [-0.3, -0.25) is 9.59 Å². The zero-order valence-electron chi connectivity index (χ0n) is 20.9. The number of cyclic esters (lactones) is 1. The maximum atomic E-state index is 12.9. The number of carbonyl (C=O) groups excluding carboxylic acids is 3. The Bertz CT molecular complexity index is 1080. The van der Waals surface area contributed by atoms with Gasteiger partial charge in [-0.1, -0.05) is 40.3 Å². The van der Waals surface area contributed by atoms with E-state index in [0.717, 1.165) is 0 Å². The van der Waals surface area contributed by atoms with E-state index in [9.17, 15) is 24.6 Å². The lowest BCUT2D eigenvalue weighted by Gasteiger charge is -2.61. The van der Waals surface area contributed by atoms with Crippen LogP contribution in [0.15, 0.2) is 47.3 Å². The van der Waals surface area contributed by atoms with Gasteiger partial charge in [0, 0.05) is 22.3 Å². The molecule has 0 amide bonds. The lowest BCUT2D eigenvalue weighted by Crippen LogP contribution is -2.63. The van der Waals surface area contributed by atoms with Crippen molar-refractivity contribution in [2.45, 2.75) is 64.8 Å². The molecule has 2 aliphatic carbocycles. The zero-order chi connectivity index (χ0) is 26.0. The second-order valence-corrected chi connectivity index (χ2v) is 11.2. The minimum absolute atomic E-state index is 0.214. The molecule has 0 aromatic carbocycles. The van der Waals surface area contributed by atoms with Crippen molar-refractivity contribution in [2.75, 3.05) is 7.11 Å². The van der Waals surface area contributed by atoms with Crippen LogP contribution in [0.1, 0.15) is 58.6 Å². The fourth-order valence-electron chi connectivity index (χ4n) is 7.03. The van der Waals surface area contributed by atoms with E-state index in [1.807, 2.05) is 13.8 Å². The van der Waals surface area contributed by atoms with E-state index in [1.165, 1.54) is 25.7 Å². The minimum Gasteiger partial charge on any atom is -0.472 e. The van der Waals surface area contributed by atoms with Crippen LogP contribution in [0.3, 0.4) is 0 Å². The molecule has 1 aliphatic heterocycles. The molecule has 0 spiro atoms. The summed E-state index contributed by atoms with van der Waals surface area (Å²) in [6.07, 6.45) is 4.63. The fourth-order valence-corrected chi connectivity index (χ4v) is 7.03. The van der Waals surface area contributed by atoms with Crippen molar-refractivity contribution in [1.82, 2.24) is 0 Å². The highest BCUT2D eigenvalue weighted by Crippen LogP contribution is 2.65. The lowest BCUT2D eigenvalue weighted by molar-refractivity contribution is -0.216. The van der Waals surface area contributed by atoms with Gasteiger partial charge < -0.3 is 24.1 Å². The van der Waals surface area contributed by atoms with Gasteiger partial charge in [0.2, 0.25) is 0 Å². The topological polar surface area (TPSA) is 123 Å². The highest BCUT2D eigenvalue weighted by molar-refractivity contribution is 5.96. The van der Waals surface area contributed by atoms with E-state index in [-0.39, 0.29) is 12.2 Å². The Kier molecular flexibility index (Phi) is 5.92. The molecule has 35 heavy (non-hydrogen) atoms. The normalized spacial score (nSPS) is 39.5. The van der Waals surface area contributed by atoms with Crippen LogP contribution in [0.2, 0.25) is 0 Å². The number of rotatable bonds is 4. The van der Waals surface area contributed by atoms with Gasteiger partial charge in [-0.15, -0.1) is 0 Å². The van der Waals surface area contributed by atoms with Gasteiger partial charge in [0.15, 0.2) is 11.9 Å². The third kappa shape index (κ3) is 3.44. The molecule has 8 heteroatoms. The molecule has 1 aromatic heterocycles. The van der Waals surface area contributed by atoms with E-state index >= 15 is 0 Å². The second-order valence-electron chi connectivity index (χ2n) is 11.2. The number of fused-ring (bicyclic) bond motifs is 1. The van der Waals surface area contributed by atoms with E-state index < -0.39 is 57.8 Å². The van der Waals surface area contributed by atoms with Crippen molar-refractivity contribution in [1.29, 1.82) is 0 Å². The predicted molar refractivity (Wildman–Crippen MR) is 125 cm³/mol. The summed E-state index contributed by atoms with van der Waals surface area (Å²) in [5.74, 6) is -2.89. The molecule has 2 fully saturated rings. The molecule has 7 atom stereocenters. The van der Waals surface area contributed by atoms with Crippen LogP contribution < -0.4 is 0 Å². The lowest BCUT2D eigenvalue weighted by atomic mass is 9.45. The third-order valence-electron chi connectivity index (χ3n) is 9.11. The molecule has 1 aromatic rings. The Morgan fingerprint density at radius 3 is 2.54 bits per heavy atom. The number of allylic oxidation sites excluding steroid dienone is 2. The van der Waals surface area contributed by atoms with Crippen LogP contribution in [0.5, 0.6) is 0 Å². The quantitative estimate of drug-likeness (QED) is 0.491. The Labute approximate surface area is 205 Å². The standard InChI is InChI=1S/C27H34O8/c1-15-17(25(4)10-8-18(28)24(2,3)21(25)20(30)23(31)33-6)7-11-26(5)22(16-9-12-34-14-16)35-19(29)13-27(15,26)32/h8-10,12,14,17,20-22,30,32H,1,7,11,13H2,2-6H3/t17?,20?,21-,22-,25+,26-,27-/m0/s1. The fraction of sp³-hybridized carbons (Fsp3) is 0.593. The first kappa shape index (κ1) is 25.4. The Hall–Kier alpha value is -2.71. The van der Waals surface area contributed by atoms with Crippen molar-refractivity contribution in [3.05, 3.63) is 48.5 Å². The van der Waals surface area contributed by atoms with Crippen molar-refractivity contribution < 1.29 is 38.5 Å². The van der Waals surface area contributed by atoms with Crippen LogP contribution in [-0.4, -0.2) is 46.7 Å². The van der Waals surface area contributed by atoms with Gasteiger partial charge in [-0.05, 0) is 41.9 Å². The number of esters is 2. The Morgan fingerprint density at radius 1 is 1.26 bits per heavy atom. The summed E-state index contributed by atoms with van der Waals surface area (Å²) in [4.78, 5) is 38.0. The Morgan fingerprint density at radius 2 is 1.94 bits per heavy atom. The first-order valence-electron chi connectivity index (χ1n) is 11.9. The van der Waals surface area contributed by atoms with Gasteiger partial charge in [0.1, 0.15) is 11.7 Å². The molecule has 0 bridgehead atoms. The van der Waals surface area contributed by atoms with Crippen molar-refractivity contribution >= 4 is 17.7 Å². The van der Waals surface area contributed by atoms with E-state index in [0.29, 0.717) is 24.0 Å². The average Bonchev–Trinajstić information content (AvgIpc) is 3.32. The number of hydrogen-bond donors (Lipinski definition) is 2. The highest BCUT2D eigenvalue weighted by Gasteiger charge is 2.66. The zero-order valence-corrected chi connectivity index (χ0v) is 20.9. The largest absolute Gasteiger partial charge is 0.472 e. The minimum atomic E-state index is -1.61. The summed E-state index contributed by atoms with van der Waals surface area (Å²) in [7, 11) is 1.19. The molecule has 8 nitrogen and oxygen atoms in total. The molecule has 2 N–H and O–H groups in total. The average molecular weight is 487 g/mol. The summed E-state index contributed by atoms with van der Waals surface area (Å²) >= 11 is 0. The van der Waals surface area contributed by atoms with E-state index in [1.54, 1.807) is 26.0 Å². The summed E-state index contributed by atoms with van der Waals surface area (Å²) < 4.78 is 15.8. The molecule has 4 rings (SSSR count). The molecular formula is C27H34O8. The van der Waals surface area contributed by atoms with E-state index in [4.69, 9.17) is 13.9 Å². The maximum absolute atomic E-state index is 12.9. The number of hydrogen-bond acceptors (Lipinski definition) is 8. The van der Waals surface area contributed by atoms with Crippen LogP contribution in [0.4, 0.5) is 0 Å².